The van der Waals surface area contributed by atoms with E-state index < -0.39 is 30.1 Å². The normalized spacial score (nSPS) is 12.4. The lowest BCUT2D eigenvalue weighted by Crippen LogP contribution is -2.45. The molecule has 0 aliphatic rings. The van der Waals surface area contributed by atoms with E-state index in [4.69, 9.17) is 9.47 Å². The van der Waals surface area contributed by atoms with Crippen molar-refractivity contribution in [2.24, 2.45) is 0 Å². The first kappa shape index (κ1) is 23.9. The Labute approximate surface area is 181 Å². The molecule has 2 rings (SSSR count). The SMILES string of the molecule is COC(=O)[C@H](Cc1ccc(C)cc1)NC(=O)C[C@H](O)CNC(=O)OCc1ccccc1. The van der Waals surface area contributed by atoms with Gasteiger partial charge in [0.1, 0.15) is 12.6 Å². The van der Waals surface area contributed by atoms with Crippen molar-refractivity contribution in [2.45, 2.75) is 38.5 Å². The van der Waals surface area contributed by atoms with E-state index in [1.165, 1.54) is 7.11 Å². The molecule has 31 heavy (non-hydrogen) atoms. The van der Waals surface area contributed by atoms with Crippen LogP contribution < -0.4 is 10.6 Å². The fourth-order valence-corrected chi connectivity index (χ4v) is 2.81. The average molecular weight is 428 g/mol. The minimum Gasteiger partial charge on any atom is -0.467 e. The van der Waals surface area contributed by atoms with Gasteiger partial charge in [-0.2, -0.15) is 0 Å². The second-order valence-corrected chi connectivity index (χ2v) is 7.13. The molecular formula is C23H28N2O6. The first-order chi connectivity index (χ1) is 14.9. The average Bonchev–Trinajstić information content (AvgIpc) is 2.77. The van der Waals surface area contributed by atoms with E-state index in [0.29, 0.717) is 0 Å². The number of methoxy groups -OCH3 is 1. The van der Waals surface area contributed by atoms with Gasteiger partial charge >= 0.3 is 12.1 Å². The number of amides is 2. The van der Waals surface area contributed by atoms with Gasteiger partial charge < -0.3 is 25.2 Å². The maximum Gasteiger partial charge on any atom is 0.407 e. The number of aryl methyl sites for hydroxylation is 1. The molecule has 0 aliphatic heterocycles. The molecular weight excluding hydrogens is 400 g/mol. The van der Waals surface area contributed by atoms with Gasteiger partial charge in [-0.05, 0) is 18.1 Å². The van der Waals surface area contributed by atoms with Crippen molar-refractivity contribution in [3.63, 3.8) is 0 Å². The smallest absolute Gasteiger partial charge is 0.407 e. The Morgan fingerprint density at radius 1 is 1.00 bits per heavy atom. The molecule has 0 saturated carbocycles. The molecule has 0 radical (unpaired) electrons. The van der Waals surface area contributed by atoms with E-state index >= 15 is 0 Å². The summed E-state index contributed by atoms with van der Waals surface area (Å²) >= 11 is 0. The number of esters is 1. The third kappa shape index (κ3) is 8.88. The highest BCUT2D eigenvalue weighted by molar-refractivity contribution is 5.85. The number of hydrogen-bond acceptors (Lipinski definition) is 6. The van der Waals surface area contributed by atoms with Crippen LogP contribution in [-0.2, 0) is 32.1 Å². The van der Waals surface area contributed by atoms with Crippen LogP contribution in [0.5, 0.6) is 0 Å². The van der Waals surface area contributed by atoms with Crippen LogP contribution in [0.4, 0.5) is 4.79 Å². The summed E-state index contributed by atoms with van der Waals surface area (Å²) in [6.45, 7) is 1.89. The summed E-state index contributed by atoms with van der Waals surface area (Å²) in [5, 5.41) is 15.0. The van der Waals surface area contributed by atoms with E-state index in [-0.39, 0.29) is 26.0 Å². The number of nitrogens with one attached hydrogen (secondary N) is 2. The maximum absolute atomic E-state index is 12.3. The highest BCUT2D eigenvalue weighted by Gasteiger charge is 2.23. The lowest BCUT2D eigenvalue weighted by atomic mass is 10.0. The van der Waals surface area contributed by atoms with Gasteiger partial charge in [-0.1, -0.05) is 60.2 Å². The van der Waals surface area contributed by atoms with Crippen molar-refractivity contribution in [2.75, 3.05) is 13.7 Å². The molecule has 0 unspecified atom stereocenters. The Kier molecular flexibility index (Phi) is 9.51. The number of carbonyl (C=O) groups is 3. The largest absolute Gasteiger partial charge is 0.467 e. The zero-order valence-electron chi connectivity index (χ0n) is 17.7. The van der Waals surface area contributed by atoms with Crippen LogP contribution in [-0.4, -0.2) is 48.9 Å². The molecule has 0 spiro atoms. The third-order valence-electron chi connectivity index (χ3n) is 4.50. The van der Waals surface area contributed by atoms with Gasteiger partial charge in [0.15, 0.2) is 0 Å². The van der Waals surface area contributed by atoms with Crippen molar-refractivity contribution < 1.29 is 29.0 Å². The predicted molar refractivity (Wildman–Crippen MR) is 114 cm³/mol. The fraction of sp³-hybridized carbons (Fsp3) is 0.348. The first-order valence-electron chi connectivity index (χ1n) is 9.92. The minimum absolute atomic E-state index is 0.100. The Hall–Kier alpha value is -3.39. The van der Waals surface area contributed by atoms with Gasteiger partial charge in [-0.25, -0.2) is 9.59 Å². The van der Waals surface area contributed by atoms with Gasteiger partial charge in [-0.15, -0.1) is 0 Å². The summed E-state index contributed by atoms with van der Waals surface area (Å²) in [6.07, 6.45) is -1.86. The van der Waals surface area contributed by atoms with Crippen LogP contribution in [0.25, 0.3) is 0 Å². The van der Waals surface area contributed by atoms with E-state index in [1.807, 2.05) is 61.5 Å². The zero-order valence-corrected chi connectivity index (χ0v) is 17.7. The minimum atomic E-state index is -1.14. The molecule has 2 aromatic rings. The fourth-order valence-electron chi connectivity index (χ4n) is 2.81. The summed E-state index contributed by atoms with van der Waals surface area (Å²) in [5.41, 5.74) is 2.78. The van der Waals surface area contributed by atoms with Crippen molar-refractivity contribution in [3.8, 4) is 0 Å². The van der Waals surface area contributed by atoms with Gasteiger partial charge in [0, 0.05) is 13.0 Å². The molecule has 2 aromatic carbocycles. The van der Waals surface area contributed by atoms with Crippen LogP contribution in [0.2, 0.25) is 0 Å². The highest BCUT2D eigenvalue weighted by atomic mass is 16.5. The Balaban J connectivity index is 1.76. The standard InChI is InChI=1S/C23H28N2O6/c1-16-8-10-17(11-9-16)12-20(22(28)30-2)25-21(27)13-19(26)14-24-23(29)31-15-18-6-4-3-5-7-18/h3-11,19-20,26H,12-15H2,1-2H3,(H,24,29)(H,25,27)/t19-,20-/m0/s1. The number of ether oxygens (including phenoxy) is 2. The second-order valence-electron chi connectivity index (χ2n) is 7.13. The second kappa shape index (κ2) is 12.3. The van der Waals surface area contributed by atoms with Crippen LogP contribution in [0, 0.1) is 6.92 Å². The summed E-state index contributed by atoms with van der Waals surface area (Å²) in [7, 11) is 1.25. The molecule has 0 aromatic heterocycles. The number of benzene rings is 2. The Morgan fingerprint density at radius 3 is 2.32 bits per heavy atom. The van der Waals surface area contributed by atoms with Crippen molar-refractivity contribution in [3.05, 3.63) is 71.3 Å². The van der Waals surface area contributed by atoms with Gasteiger partial charge in [0.2, 0.25) is 5.91 Å². The molecule has 8 nitrogen and oxygen atoms in total. The molecule has 2 amide bonds. The van der Waals surface area contributed by atoms with Gasteiger partial charge in [0.05, 0.1) is 19.6 Å². The number of aliphatic hydroxyl groups excluding tert-OH is 1. The summed E-state index contributed by atoms with van der Waals surface area (Å²) in [6, 6.07) is 15.9. The highest BCUT2D eigenvalue weighted by Crippen LogP contribution is 2.08. The predicted octanol–water partition coefficient (Wildman–Crippen LogP) is 1.87. The number of hydrogen-bond donors (Lipinski definition) is 3. The van der Waals surface area contributed by atoms with Gasteiger partial charge in [-0.3, -0.25) is 4.79 Å². The van der Waals surface area contributed by atoms with E-state index in [2.05, 4.69) is 10.6 Å². The Bertz CT molecular complexity index is 854. The summed E-state index contributed by atoms with van der Waals surface area (Å²) < 4.78 is 9.81. The van der Waals surface area contributed by atoms with E-state index in [9.17, 15) is 19.5 Å². The monoisotopic (exact) mass is 428 g/mol. The summed E-state index contributed by atoms with van der Waals surface area (Å²) in [5.74, 6) is -1.11. The van der Waals surface area contributed by atoms with Crippen LogP contribution in [0.1, 0.15) is 23.1 Å². The van der Waals surface area contributed by atoms with Crippen LogP contribution in [0.15, 0.2) is 54.6 Å². The third-order valence-corrected chi connectivity index (χ3v) is 4.50. The number of carbonyl (C=O) groups excluding carboxylic acids is 3. The molecule has 0 bridgehead atoms. The van der Waals surface area contributed by atoms with Crippen LogP contribution in [0.3, 0.4) is 0 Å². The van der Waals surface area contributed by atoms with Crippen molar-refractivity contribution in [1.82, 2.24) is 10.6 Å². The quantitative estimate of drug-likeness (QED) is 0.498. The first-order valence-corrected chi connectivity index (χ1v) is 9.92. The van der Waals surface area contributed by atoms with Gasteiger partial charge in [0.25, 0.3) is 0 Å². The molecule has 2 atom stereocenters. The molecule has 166 valence electrons. The van der Waals surface area contributed by atoms with Crippen molar-refractivity contribution in [1.29, 1.82) is 0 Å². The van der Waals surface area contributed by atoms with E-state index in [0.717, 1.165) is 16.7 Å². The molecule has 0 fully saturated rings. The molecule has 0 heterocycles. The molecule has 0 saturated heterocycles. The summed E-state index contributed by atoms with van der Waals surface area (Å²) in [4.78, 5) is 36.0. The molecule has 8 heteroatoms. The lowest BCUT2D eigenvalue weighted by molar-refractivity contribution is -0.145. The topological polar surface area (TPSA) is 114 Å². The maximum atomic E-state index is 12.3. The molecule has 0 aliphatic carbocycles. The number of alkyl carbamates (subject to hydrolysis) is 1. The zero-order chi connectivity index (χ0) is 22.6. The van der Waals surface area contributed by atoms with Crippen molar-refractivity contribution >= 4 is 18.0 Å². The van der Waals surface area contributed by atoms with E-state index in [1.54, 1.807) is 0 Å². The number of aliphatic hydroxyl groups is 1. The Morgan fingerprint density at radius 2 is 1.68 bits per heavy atom. The lowest BCUT2D eigenvalue weighted by Gasteiger charge is -2.18. The molecule has 3 N–H and O–H groups in total. The number of rotatable bonds is 10. The van der Waals surface area contributed by atoms with Crippen LogP contribution >= 0.6 is 0 Å².